The van der Waals surface area contributed by atoms with E-state index in [4.69, 9.17) is 4.42 Å². The summed E-state index contributed by atoms with van der Waals surface area (Å²) < 4.78 is 6.51. The molecule has 0 aliphatic carbocycles. The molecule has 27 heavy (non-hydrogen) atoms. The molecule has 1 aromatic heterocycles. The van der Waals surface area contributed by atoms with Gasteiger partial charge >= 0.3 is 0 Å². The number of rotatable bonds is 3. The van der Waals surface area contributed by atoms with Gasteiger partial charge in [-0.1, -0.05) is 91.0 Å². The van der Waals surface area contributed by atoms with Gasteiger partial charge in [-0.15, -0.1) is 0 Å². The van der Waals surface area contributed by atoms with Gasteiger partial charge in [0.2, 0.25) is 0 Å². The Morgan fingerprint density at radius 1 is 0.630 bits per heavy atom. The highest BCUT2D eigenvalue weighted by Gasteiger charge is 2.24. The van der Waals surface area contributed by atoms with Crippen molar-refractivity contribution in [3.63, 3.8) is 0 Å². The van der Waals surface area contributed by atoms with Gasteiger partial charge < -0.3 is 4.42 Å². The SMILES string of the molecule is Cc1c(P(c2ccccc2)c2ccccc2)oc2ccc3ccccc3c12. The second-order valence-electron chi connectivity index (χ2n) is 6.70. The molecule has 0 fully saturated rings. The molecule has 0 aliphatic rings. The first-order valence-corrected chi connectivity index (χ1v) is 10.5. The standard InChI is InChI=1S/C25H19OP/c1-18-24-22-15-9-8-10-19(22)16-17-23(24)26-25(18)27(20-11-4-2-5-12-20)21-13-6-3-7-14-21/h2-17H,1H3. The van der Waals surface area contributed by atoms with Crippen molar-refractivity contribution in [1.29, 1.82) is 0 Å². The zero-order valence-corrected chi connectivity index (χ0v) is 16.0. The van der Waals surface area contributed by atoms with Gasteiger partial charge in [0.15, 0.2) is 0 Å². The van der Waals surface area contributed by atoms with Gasteiger partial charge in [0, 0.05) is 18.9 Å². The molecular formula is C25H19OP. The lowest BCUT2D eigenvalue weighted by molar-refractivity contribution is 0.653. The average molecular weight is 366 g/mol. The van der Waals surface area contributed by atoms with Crippen LogP contribution in [0.5, 0.6) is 0 Å². The zero-order valence-electron chi connectivity index (χ0n) is 15.1. The minimum Gasteiger partial charge on any atom is -0.456 e. The minimum atomic E-state index is -0.736. The molecule has 0 amide bonds. The third-order valence-corrected chi connectivity index (χ3v) is 7.49. The second kappa shape index (κ2) is 6.68. The van der Waals surface area contributed by atoms with Gasteiger partial charge in [-0.05, 0) is 34.4 Å². The molecule has 0 saturated carbocycles. The third-order valence-electron chi connectivity index (χ3n) is 5.03. The van der Waals surface area contributed by atoms with Crippen molar-refractivity contribution in [2.45, 2.75) is 6.92 Å². The van der Waals surface area contributed by atoms with E-state index in [0.717, 1.165) is 11.1 Å². The zero-order chi connectivity index (χ0) is 18.2. The van der Waals surface area contributed by atoms with Gasteiger partial charge in [-0.2, -0.15) is 0 Å². The van der Waals surface area contributed by atoms with Crippen molar-refractivity contribution < 1.29 is 4.42 Å². The maximum absolute atomic E-state index is 6.51. The Hall–Kier alpha value is -2.89. The van der Waals surface area contributed by atoms with Crippen molar-refractivity contribution in [1.82, 2.24) is 0 Å². The van der Waals surface area contributed by atoms with Crippen LogP contribution in [0.15, 0.2) is 101 Å². The first-order chi connectivity index (χ1) is 13.3. The topological polar surface area (TPSA) is 13.1 Å². The van der Waals surface area contributed by atoms with Crippen molar-refractivity contribution in [3.05, 3.63) is 103 Å². The van der Waals surface area contributed by atoms with Crippen LogP contribution in [0.1, 0.15) is 5.56 Å². The van der Waals surface area contributed by atoms with Crippen LogP contribution in [0.25, 0.3) is 21.7 Å². The fraction of sp³-hybridized carbons (Fsp3) is 0.0400. The van der Waals surface area contributed by atoms with Crippen LogP contribution < -0.4 is 16.1 Å². The molecule has 0 saturated heterocycles. The molecule has 0 radical (unpaired) electrons. The Morgan fingerprint density at radius 2 is 1.22 bits per heavy atom. The van der Waals surface area contributed by atoms with Crippen LogP contribution in [-0.2, 0) is 0 Å². The summed E-state index contributed by atoms with van der Waals surface area (Å²) in [6.45, 7) is 2.20. The summed E-state index contributed by atoms with van der Waals surface area (Å²) in [5.41, 5.74) is 3.31. The summed E-state index contributed by atoms with van der Waals surface area (Å²) in [4.78, 5) is 0. The second-order valence-corrected chi connectivity index (χ2v) is 8.81. The number of fused-ring (bicyclic) bond motifs is 3. The molecule has 4 aromatic carbocycles. The van der Waals surface area contributed by atoms with Gasteiger partial charge in [-0.3, -0.25) is 0 Å². The molecule has 2 heteroatoms. The van der Waals surface area contributed by atoms with Crippen LogP contribution in [0.2, 0.25) is 0 Å². The number of furan rings is 1. The fourth-order valence-electron chi connectivity index (χ4n) is 3.76. The summed E-state index contributed by atoms with van der Waals surface area (Å²) in [5, 5.41) is 6.38. The predicted octanol–water partition coefficient (Wildman–Crippen LogP) is 5.65. The van der Waals surface area contributed by atoms with Crippen molar-refractivity contribution in [3.8, 4) is 0 Å². The first kappa shape index (κ1) is 16.3. The summed E-state index contributed by atoms with van der Waals surface area (Å²) >= 11 is 0. The molecule has 5 aromatic rings. The molecule has 0 bridgehead atoms. The molecular weight excluding hydrogens is 347 g/mol. The van der Waals surface area contributed by atoms with E-state index < -0.39 is 7.92 Å². The summed E-state index contributed by atoms with van der Waals surface area (Å²) in [7, 11) is -0.736. The van der Waals surface area contributed by atoms with Crippen LogP contribution in [0, 0.1) is 6.92 Å². The largest absolute Gasteiger partial charge is 0.456 e. The molecule has 5 rings (SSSR count). The highest BCUT2D eigenvalue weighted by Crippen LogP contribution is 2.39. The monoisotopic (exact) mass is 366 g/mol. The van der Waals surface area contributed by atoms with E-state index in [2.05, 4.69) is 104 Å². The third kappa shape index (κ3) is 2.76. The van der Waals surface area contributed by atoms with Crippen LogP contribution in [-0.4, -0.2) is 0 Å². The van der Waals surface area contributed by atoms with E-state index in [1.807, 2.05) is 0 Å². The molecule has 0 N–H and O–H groups in total. The van der Waals surface area contributed by atoms with E-state index in [0.29, 0.717) is 0 Å². The van der Waals surface area contributed by atoms with Crippen molar-refractivity contribution in [2.24, 2.45) is 0 Å². The predicted molar refractivity (Wildman–Crippen MR) is 117 cm³/mol. The van der Waals surface area contributed by atoms with E-state index in [-0.39, 0.29) is 0 Å². The Labute approximate surface area is 160 Å². The Kier molecular flexibility index (Phi) is 4.03. The van der Waals surface area contributed by atoms with E-state index in [1.54, 1.807) is 0 Å². The van der Waals surface area contributed by atoms with Crippen LogP contribution >= 0.6 is 7.92 Å². The molecule has 0 spiro atoms. The van der Waals surface area contributed by atoms with E-state index >= 15 is 0 Å². The Morgan fingerprint density at radius 3 is 1.89 bits per heavy atom. The maximum Gasteiger partial charge on any atom is 0.138 e. The van der Waals surface area contributed by atoms with Gasteiger partial charge in [0.1, 0.15) is 11.1 Å². The van der Waals surface area contributed by atoms with E-state index in [9.17, 15) is 0 Å². The average Bonchev–Trinajstić information content (AvgIpc) is 3.07. The molecule has 130 valence electrons. The minimum absolute atomic E-state index is 0.736. The smallest absolute Gasteiger partial charge is 0.138 e. The molecule has 0 aliphatic heterocycles. The number of hydrogen-bond acceptors (Lipinski definition) is 1. The summed E-state index contributed by atoms with van der Waals surface area (Å²) in [6.07, 6.45) is 0. The summed E-state index contributed by atoms with van der Waals surface area (Å²) in [5.74, 6) is 0. The van der Waals surface area contributed by atoms with Gasteiger partial charge in [-0.25, -0.2) is 0 Å². The maximum atomic E-state index is 6.51. The van der Waals surface area contributed by atoms with Gasteiger partial charge in [0.05, 0.1) is 0 Å². The quantitative estimate of drug-likeness (QED) is 0.376. The number of hydrogen-bond donors (Lipinski definition) is 0. The Bertz CT molecular complexity index is 1180. The first-order valence-electron chi connectivity index (χ1n) is 9.14. The lowest BCUT2D eigenvalue weighted by atomic mass is 10.0. The normalized spacial score (nSPS) is 11.5. The molecule has 0 atom stereocenters. The van der Waals surface area contributed by atoms with Crippen LogP contribution in [0.4, 0.5) is 0 Å². The summed E-state index contributed by atoms with van der Waals surface area (Å²) in [6, 6.07) is 34.2. The molecule has 0 unspecified atom stereocenters. The lowest BCUT2D eigenvalue weighted by Gasteiger charge is -2.17. The van der Waals surface area contributed by atoms with Gasteiger partial charge in [0.25, 0.3) is 0 Å². The van der Waals surface area contributed by atoms with Crippen molar-refractivity contribution in [2.75, 3.05) is 0 Å². The fourth-order valence-corrected chi connectivity index (χ4v) is 6.11. The number of aryl methyl sites for hydroxylation is 1. The molecule has 1 nitrogen and oxygen atoms in total. The lowest BCUT2D eigenvalue weighted by Crippen LogP contribution is -2.20. The Balaban J connectivity index is 1.81. The highest BCUT2D eigenvalue weighted by molar-refractivity contribution is 7.79. The number of benzene rings is 4. The van der Waals surface area contributed by atoms with Crippen molar-refractivity contribution >= 4 is 45.8 Å². The highest BCUT2D eigenvalue weighted by atomic mass is 31.1. The molecule has 1 heterocycles. The van der Waals surface area contributed by atoms with E-state index in [1.165, 1.54) is 32.3 Å². The van der Waals surface area contributed by atoms with Crippen LogP contribution in [0.3, 0.4) is 0 Å².